The molecular weight excluding hydrogens is 350 g/mol. The third-order valence-electron chi connectivity index (χ3n) is 5.37. The molecule has 0 aliphatic carbocycles. The van der Waals surface area contributed by atoms with Crippen molar-refractivity contribution in [1.82, 2.24) is 24.8 Å². The first-order chi connectivity index (χ1) is 12.8. The number of amides is 1. The molecule has 2 aliphatic heterocycles. The van der Waals surface area contributed by atoms with Crippen molar-refractivity contribution in [2.45, 2.75) is 38.5 Å². The predicted octanol–water partition coefficient (Wildman–Crippen LogP) is -0.478. The Morgan fingerprint density at radius 2 is 2.15 bits per heavy atom. The summed E-state index contributed by atoms with van der Waals surface area (Å²) in [4.78, 5) is 46.0. The van der Waals surface area contributed by atoms with Crippen LogP contribution in [0.3, 0.4) is 0 Å². The lowest BCUT2D eigenvalue weighted by atomic mass is 10.1. The van der Waals surface area contributed by atoms with Crippen LogP contribution in [0.1, 0.15) is 29.4 Å². The maximum absolute atomic E-state index is 13.0. The number of H-pyrrole nitrogens is 1. The molecule has 9 nitrogen and oxygen atoms in total. The zero-order chi connectivity index (χ0) is 19.3. The number of aryl methyl sites for hydroxylation is 2. The number of hydrogen-bond donors (Lipinski definition) is 2. The van der Waals surface area contributed by atoms with Crippen LogP contribution in [0, 0.1) is 6.92 Å². The average Bonchev–Trinajstić information content (AvgIpc) is 3.00. The van der Waals surface area contributed by atoms with E-state index in [0.717, 1.165) is 19.5 Å². The molecule has 9 heteroatoms. The Morgan fingerprint density at radius 1 is 1.37 bits per heavy atom. The highest BCUT2D eigenvalue weighted by Crippen LogP contribution is 2.23. The van der Waals surface area contributed by atoms with Crippen molar-refractivity contribution in [2.75, 3.05) is 19.7 Å². The number of aromatic amines is 1. The van der Waals surface area contributed by atoms with Crippen LogP contribution in [0.5, 0.6) is 0 Å². The van der Waals surface area contributed by atoms with Crippen LogP contribution in [-0.2, 0) is 11.8 Å². The quantitative estimate of drug-likeness (QED) is 0.736. The summed E-state index contributed by atoms with van der Waals surface area (Å²) in [7, 11) is 1.52. The molecule has 2 fully saturated rings. The molecular formula is C18H23N5O4. The smallest absolute Gasteiger partial charge is 0.329 e. The number of nitrogens with one attached hydrogen (secondary N) is 2. The van der Waals surface area contributed by atoms with Gasteiger partial charge in [-0.05, 0) is 26.3 Å². The fourth-order valence-corrected chi connectivity index (χ4v) is 4.05. The summed E-state index contributed by atoms with van der Waals surface area (Å²) in [5.74, 6) is -0.325. The number of pyridine rings is 1. The van der Waals surface area contributed by atoms with Gasteiger partial charge in [0.25, 0.3) is 11.5 Å². The Kier molecular flexibility index (Phi) is 4.35. The normalized spacial score (nSPS) is 25.5. The summed E-state index contributed by atoms with van der Waals surface area (Å²) in [6, 6.07) is 1.89. The SMILES string of the molecule is Cc1cc(C(=O)N[C@@H]2C[C@H]3CO[C@H](C)CN3C2)c2c(=O)[nH]c(=O)n(C)c2n1. The van der Waals surface area contributed by atoms with Crippen LogP contribution in [0.25, 0.3) is 11.0 Å². The van der Waals surface area contributed by atoms with E-state index in [1.807, 2.05) is 6.92 Å². The molecule has 1 amide bonds. The zero-order valence-electron chi connectivity index (χ0n) is 15.6. The van der Waals surface area contributed by atoms with Crippen LogP contribution in [-0.4, -0.2) is 63.2 Å². The van der Waals surface area contributed by atoms with Crippen molar-refractivity contribution in [3.05, 3.63) is 38.2 Å². The molecule has 27 heavy (non-hydrogen) atoms. The van der Waals surface area contributed by atoms with E-state index in [9.17, 15) is 14.4 Å². The van der Waals surface area contributed by atoms with Crippen LogP contribution < -0.4 is 16.6 Å². The van der Waals surface area contributed by atoms with Crippen molar-refractivity contribution in [3.63, 3.8) is 0 Å². The number of nitrogens with zero attached hydrogens (tertiary/aromatic N) is 3. The molecule has 2 aromatic heterocycles. The van der Waals surface area contributed by atoms with Gasteiger partial charge in [0, 0.05) is 37.9 Å². The van der Waals surface area contributed by atoms with E-state index in [2.05, 4.69) is 20.2 Å². The number of aromatic nitrogens is 3. The Morgan fingerprint density at radius 3 is 2.93 bits per heavy atom. The van der Waals surface area contributed by atoms with E-state index in [1.54, 1.807) is 13.0 Å². The molecule has 0 aromatic carbocycles. The summed E-state index contributed by atoms with van der Waals surface area (Å²) in [5, 5.41) is 3.18. The topological polar surface area (TPSA) is 109 Å². The molecule has 4 rings (SSSR count). The van der Waals surface area contributed by atoms with Crippen LogP contribution >= 0.6 is 0 Å². The van der Waals surface area contributed by atoms with Gasteiger partial charge in [0.05, 0.1) is 23.7 Å². The van der Waals surface area contributed by atoms with E-state index < -0.39 is 11.2 Å². The fraction of sp³-hybridized carbons (Fsp3) is 0.556. The predicted molar refractivity (Wildman–Crippen MR) is 99.0 cm³/mol. The molecule has 0 unspecified atom stereocenters. The number of ether oxygens (including phenoxy) is 1. The Labute approximate surface area is 155 Å². The van der Waals surface area contributed by atoms with Crippen LogP contribution in [0.4, 0.5) is 0 Å². The van der Waals surface area contributed by atoms with E-state index >= 15 is 0 Å². The first-order valence-electron chi connectivity index (χ1n) is 9.10. The molecule has 2 N–H and O–H groups in total. The zero-order valence-corrected chi connectivity index (χ0v) is 15.6. The summed E-state index contributed by atoms with van der Waals surface area (Å²) in [6.45, 7) is 6.07. The van der Waals surface area contributed by atoms with Gasteiger partial charge in [-0.2, -0.15) is 0 Å². The third kappa shape index (κ3) is 3.17. The number of hydrogen-bond acceptors (Lipinski definition) is 6. The van der Waals surface area contributed by atoms with Crippen molar-refractivity contribution >= 4 is 16.9 Å². The van der Waals surface area contributed by atoms with Crippen molar-refractivity contribution in [2.24, 2.45) is 7.05 Å². The highest BCUT2D eigenvalue weighted by molar-refractivity contribution is 6.05. The summed E-state index contributed by atoms with van der Waals surface area (Å²) >= 11 is 0. The van der Waals surface area contributed by atoms with Crippen molar-refractivity contribution in [3.8, 4) is 0 Å². The van der Waals surface area contributed by atoms with E-state index in [-0.39, 0.29) is 34.6 Å². The second-order valence-corrected chi connectivity index (χ2v) is 7.49. The van der Waals surface area contributed by atoms with Crippen molar-refractivity contribution < 1.29 is 9.53 Å². The summed E-state index contributed by atoms with van der Waals surface area (Å²) < 4.78 is 6.95. The molecule has 144 valence electrons. The largest absolute Gasteiger partial charge is 0.376 e. The minimum Gasteiger partial charge on any atom is -0.376 e. The van der Waals surface area contributed by atoms with Crippen LogP contribution in [0.2, 0.25) is 0 Å². The molecule has 0 bridgehead atoms. The average molecular weight is 373 g/mol. The number of carbonyl (C=O) groups excluding carboxylic acids is 1. The Hall–Kier alpha value is -2.52. The van der Waals surface area contributed by atoms with Gasteiger partial charge < -0.3 is 10.1 Å². The molecule has 0 spiro atoms. The lowest BCUT2D eigenvalue weighted by Gasteiger charge is -2.33. The first kappa shape index (κ1) is 17.9. The fourth-order valence-electron chi connectivity index (χ4n) is 4.05. The highest BCUT2D eigenvalue weighted by atomic mass is 16.5. The van der Waals surface area contributed by atoms with Gasteiger partial charge in [0.15, 0.2) is 0 Å². The molecule has 0 radical (unpaired) electrons. The first-order valence-corrected chi connectivity index (χ1v) is 9.10. The second-order valence-electron chi connectivity index (χ2n) is 7.49. The van der Waals surface area contributed by atoms with Gasteiger partial charge in [0.2, 0.25) is 0 Å². The van der Waals surface area contributed by atoms with Gasteiger partial charge in [-0.3, -0.25) is 24.0 Å². The Bertz CT molecular complexity index is 1030. The monoisotopic (exact) mass is 373 g/mol. The van der Waals surface area contributed by atoms with Gasteiger partial charge in [-0.1, -0.05) is 0 Å². The summed E-state index contributed by atoms with van der Waals surface area (Å²) in [6.07, 6.45) is 1.01. The molecule has 2 aliphatic rings. The number of fused-ring (bicyclic) bond motifs is 2. The molecule has 2 aromatic rings. The van der Waals surface area contributed by atoms with Gasteiger partial charge in [0.1, 0.15) is 5.65 Å². The lowest BCUT2D eigenvalue weighted by molar-refractivity contribution is -0.0390. The van der Waals surface area contributed by atoms with Gasteiger partial charge in [-0.15, -0.1) is 0 Å². The maximum Gasteiger partial charge on any atom is 0.329 e. The van der Waals surface area contributed by atoms with E-state index in [1.165, 1.54) is 11.6 Å². The molecule has 3 atom stereocenters. The molecule has 0 saturated carbocycles. The van der Waals surface area contributed by atoms with Crippen LogP contribution in [0.15, 0.2) is 15.7 Å². The van der Waals surface area contributed by atoms with Gasteiger partial charge >= 0.3 is 5.69 Å². The van der Waals surface area contributed by atoms with E-state index in [0.29, 0.717) is 18.3 Å². The standard InChI is InChI=1S/C18H23N5O4/c1-9-4-13(14-15(19-9)22(3)18(26)21-17(14)25)16(24)20-11-5-12-8-27-10(2)6-23(12)7-11/h4,10-12H,5-8H2,1-3H3,(H,20,24)(H,21,25,26)/t10-,11-,12+/m1/s1. The lowest BCUT2D eigenvalue weighted by Crippen LogP contribution is -2.45. The maximum atomic E-state index is 13.0. The Balaban J connectivity index is 1.65. The molecule has 4 heterocycles. The number of carbonyl (C=O) groups is 1. The summed E-state index contributed by atoms with van der Waals surface area (Å²) in [5.41, 5.74) is -0.140. The number of morpholine rings is 1. The number of rotatable bonds is 2. The minimum absolute atomic E-state index is 0.00784. The van der Waals surface area contributed by atoms with E-state index in [4.69, 9.17) is 4.74 Å². The minimum atomic E-state index is -0.600. The third-order valence-corrected chi connectivity index (χ3v) is 5.37. The van der Waals surface area contributed by atoms with Crippen molar-refractivity contribution in [1.29, 1.82) is 0 Å². The van der Waals surface area contributed by atoms with Gasteiger partial charge in [-0.25, -0.2) is 9.78 Å². The second kappa shape index (κ2) is 6.58. The molecule has 2 saturated heterocycles. The highest BCUT2D eigenvalue weighted by Gasteiger charge is 2.37.